The molecule has 2 atom stereocenters. The summed E-state index contributed by atoms with van der Waals surface area (Å²) in [6.45, 7) is 6.08. The molecule has 1 unspecified atom stereocenters. The van der Waals surface area contributed by atoms with Crippen LogP contribution in [0.3, 0.4) is 0 Å². The number of amides is 1. The van der Waals surface area contributed by atoms with E-state index in [-0.39, 0.29) is 17.9 Å². The molecular weight excluding hydrogens is 176 g/mol. The Kier molecular flexibility index (Phi) is 3.53. The van der Waals surface area contributed by atoms with Crippen LogP contribution in [-0.2, 0) is 4.79 Å². The lowest BCUT2D eigenvalue weighted by molar-refractivity contribution is -0.134. The average Bonchev–Trinajstić information content (AvgIpc) is 2.96. The zero-order valence-corrected chi connectivity index (χ0v) is 9.66. The fourth-order valence-electron chi connectivity index (χ4n) is 1.62. The first-order valence-electron chi connectivity index (χ1n) is 5.47. The lowest BCUT2D eigenvalue weighted by Crippen LogP contribution is -2.48. The molecule has 14 heavy (non-hydrogen) atoms. The Hall–Kier alpha value is -0.570. The van der Waals surface area contributed by atoms with E-state index in [9.17, 15) is 4.79 Å². The van der Waals surface area contributed by atoms with E-state index in [0.29, 0.717) is 12.0 Å². The minimum atomic E-state index is -0.346. The third kappa shape index (κ3) is 2.47. The summed E-state index contributed by atoms with van der Waals surface area (Å²) in [6.07, 6.45) is 2.52. The van der Waals surface area contributed by atoms with E-state index in [1.165, 1.54) is 12.8 Å². The number of hydrogen-bond donors (Lipinski definition) is 1. The summed E-state index contributed by atoms with van der Waals surface area (Å²) < 4.78 is 0. The summed E-state index contributed by atoms with van der Waals surface area (Å²) in [4.78, 5) is 13.7. The fourth-order valence-corrected chi connectivity index (χ4v) is 1.62. The molecule has 0 aromatic rings. The number of hydrogen-bond acceptors (Lipinski definition) is 2. The summed E-state index contributed by atoms with van der Waals surface area (Å²) in [5, 5.41) is 0. The van der Waals surface area contributed by atoms with Gasteiger partial charge in [-0.3, -0.25) is 4.79 Å². The predicted octanol–water partition coefficient (Wildman–Crippen LogP) is 1.23. The molecule has 2 N–H and O–H groups in total. The largest absolute Gasteiger partial charge is 0.341 e. The lowest BCUT2D eigenvalue weighted by atomic mass is 10.0. The van der Waals surface area contributed by atoms with Crippen LogP contribution in [0.4, 0.5) is 0 Å². The number of nitrogens with two attached hydrogens (primary N) is 1. The maximum Gasteiger partial charge on any atom is 0.239 e. The van der Waals surface area contributed by atoms with Crippen LogP contribution < -0.4 is 5.73 Å². The Bertz CT molecular complexity index is 211. The van der Waals surface area contributed by atoms with Gasteiger partial charge in [-0.1, -0.05) is 13.8 Å². The van der Waals surface area contributed by atoms with Gasteiger partial charge in [-0.15, -0.1) is 0 Å². The zero-order chi connectivity index (χ0) is 10.9. The Labute approximate surface area is 86.6 Å². The van der Waals surface area contributed by atoms with Gasteiger partial charge in [0.15, 0.2) is 0 Å². The third-order valence-electron chi connectivity index (χ3n) is 3.27. The SMILES string of the molecule is CC(C)[C@H](N)C(=O)N(C)C(C)C1CC1. The highest BCUT2D eigenvalue weighted by atomic mass is 16.2. The highest BCUT2D eigenvalue weighted by Gasteiger charge is 2.34. The number of rotatable bonds is 4. The highest BCUT2D eigenvalue weighted by Crippen LogP contribution is 2.34. The van der Waals surface area contributed by atoms with Crippen molar-refractivity contribution in [1.29, 1.82) is 0 Å². The number of likely N-dealkylation sites (N-methyl/N-ethyl adjacent to an activating group) is 1. The molecular formula is C11H22N2O. The van der Waals surface area contributed by atoms with Crippen LogP contribution in [-0.4, -0.2) is 29.9 Å². The van der Waals surface area contributed by atoms with Crippen molar-refractivity contribution in [3.05, 3.63) is 0 Å². The van der Waals surface area contributed by atoms with Crippen molar-refractivity contribution in [1.82, 2.24) is 4.90 Å². The van der Waals surface area contributed by atoms with Crippen molar-refractivity contribution < 1.29 is 4.79 Å². The molecule has 1 aliphatic carbocycles. The molecule has 0 aromatic heterocycles. The van der Waals surface area contributed by atoms with E-state index in [1.54, 1.807) is 0 Å². The molecule has 0 heterocycles. The second-order valence-electron chi connectivity index (χ2n) is 4.80. The highest BCUT2D eigenvalue weighted by molar-refractivity contribution is 5.82. The fraction of sp³-hybridized carbons (Fsp3) is 0.909. The van der Waals surface area contributed by atoms with Crippen molar-refractivity contribution in [3.63, 3.8) is 0 Å². The van der Waals surface area contributed by atoms with Gasteiger partial charge < -0.3 is 10.6 Å². The van der Waals surface area contributed by atoms with Crippen LogP contribution in [0, 0.1) is 11.8 Å². The maximum atomic E-state index is 11.9. The maximum absolute atomic E-state index is 11.9. The molecule has 0 radical (unpaired) electrons. The van der Waals surface area contributed by atoms with Crippen molar-refractivity contribution in [2.75, 3.05) is 7.05 Å². The summed E-state index contributed by atoms with van der Waals surface area (Å²) in [7, 11) is 1.87. The first-order chi connectivity index (χ1) is 6.45. The first-order valence-corrected chi connectivity index (χ1v) is 5.47. The molecule has 0 aliphatic heterocycles. The standard InChI is InChI=1S/C11H22N2O/c1-7(2)10(12)11(14)13(4)8(3)9-5-6-9/h7-10H,5-6,12H2,1-4H3/t8?,10-/m0/s1. The molecule has 3 nitrogen and oxygen atoms in total. The Morgan fingerprint density at radius 3 is 2.21 bits per heavy atom. The van der Waals surface area contributed by atoms with Crippen LogP contribution in [0.1, 0.15) is 33.6 Å². The minimum absolute atomic E-state index is 0.0828. The molecule has 0 bridgehead atoms. The van der Waals surface area contributed by atoms with Crippen LogP contribution in [0.15, 0.2) is 0 Å². The summed E-state index contributed by atoms with van der Waals surface area (Å²) in [5.74, 6) is 1.01. The molecule has 1 saturated carbocycles. The van der Waals surface area contributed by atoms with Gasteiger partial charge in [0.2, 0.25) is 5.91 Å². The van der Waals surface area contributed by atoms with Gasteiger partial charge in [-0.25, -0.2) is 0 Å². The van der Waals surface area contributed by atoms with Crippen molar-refractivity contribution >= 4 is 5.91 Å². The zero-order valence-electron chi connectivity index (χ0n) is 9.66. The Morgan fingerprint density at radius 2 is 1.86 bits per heavy atom. The smallest absolute Gasteiger partial charge is 0.239 e. The molecule has 0 aromatic carbocycles. The van der Waals surface area contributed by atoms with Gasteiger partial charge in [-0.05, 0) is 31.6 Å². The van der Waals surface area contributed by atoms with Gasteiger partial charge >= 0.3 is 0 Å². The third-order valence-corrected chi connectivity index (χ3v) is 3.27. The van der Waals surface area contributed by atoms with Crippen LogP contribution >= 0.6 is 0 Å². The second-order valence-corrected chi connectivity index (χ2v) is 4.80. The van der Waals surface area contributed by atoms with Crippen LogP contribution in [0.5, 0.6) is 0 Å². The van der Waals surface area contributed by atoms with Gasteiger partial charge in [0.25, 0.3) is 0 Å². The van der Waals surface area contributed by atoms with Gasteiger partial charge in [-0.2, -0.15) is 0 Å². The van der Waals surface area contributed by atoms with E-state index in [1.807, 2.05) is 25.8 Å². The molecule has 1 aliphatic rings. The second kappa shape index (κ2) is 4.30. The molecule has 82 valence electrons. The van der Waals surface area contributed by atoms with Gasteiger partial charge in [0, 0.05) is 13.1 Å². The van der Waals surface area contributed by atoms with Crippen molar-refractivity contribution in [3.8, 4) is 0 Å². The molecule has 1 amide bonds. The predicted molar refractivity (Wildman–Crippen MR) is 57.8 cm³/mol. The topological polar surface area (TPSA) is 46.3 Å². The van der Waals surface area contributed by atoms with E-state index >= 15 is 0 Å². The van der Waals surface area contributed by atoms with Crippen molar-refractivity contribution in [2.45, 2.75) is 45.7 Å². The van der Waals surface area contributed by atoms with E-state index in [0.717, 1.165) is 0 Å². The quantitative estimate of drug-likeness (QED) is 0.738. The van der Waals surface area contributed by atoms with E-state index in [2.05, 4.69) is 6.92 Å². The van der Waals surface area contributed by atoms with Gasteiger partial charge in [0.05, 0.1) is 6.04 Å². The molecule has 0 spiro atoms. The number of nitrogens with zero attached hydrogens (tertiary/aromatic N) is 1. The van der Waals surface area contributed by atoms with Gasteiger partial charge in [0.1, 0.15) is 0 Å². The van der Waals surface area contributed by atoms with Crippen LogP contribution in [0.2, 0.25) is 0 Å². The first kappa shape index (κ1) is 11.5. The average molecular weight is 198 g/mol. The summed E-state index contributed by atoms with van der Waals surface area (Å²) >= 11 is 0. The van der Waals surface area contributed by atoms with E-state index < -0.39 is 0 Å². The monoisotopic (exact) mass is 198 g/mol. The molecule has 0 saturated heterocycles. The number of carbonyl (C=O) groups is 1. The number of carbonyl (C=O) groups excluding carboxylic acids is 1. The van der Waals surface area contributed by atoms with Crippen LogP contribution in [0.25, 0.3) is 0 Å². The summed E-state index contributed by atoms with van der Waals surface area (Å²) in [5.41, 5.74) is 5.83. The minimum Gasteiger partial charge on any atom is -0.341 e. The van der Waals surface area contributed by atoms with Crippen molar-refractivity contribution in [2.24, 2.45) is 17.6 Å². The van der Waals surface area contributed by atoms with E-state index in [4.69, 9.17) is 5.73 Å². The molecule has 3 heteroatoms. The lowest BCUT2D eigenvalue weighted by Gasteiger charge is -2.28. The Morgan fingerprint density at radius 1 is 1.36 bits per heavy atom. The summed E-state index contributed by atoms with van der Waals surface area (Å²) in [6, 6.07) is 0.00787. The molecule has 1 rings (SSSR count). The normalized spacial score (nSPS) is 20.7. The molecule has 1 fully saturated rings. The Balaban J connectivity index is 2.50.